The fourth-order valence-corrected chi connectivity index (χ4v) is 2.61. The minimum absolute atomic E-state index is 0.0418. The van der Waals surface area contributed by atoms with Crippen molar-refractivity contribution in [1.29, 1.82) is 0 Å². The van der Waals surface area contributed by atoms with Gasteiger partial charge in [0.15, 0.2) is 0 Å². The molecule has 0 saturated carbocycles. The molecule has 18 heavy (non-hydrogen) atoms. The molecule has 0 fully saturated rings. The van der Waals surface area contributed by atoms with Gasteiger partial charge < -0.3 is 4.74 Å². The van der Waals surface area contributed by atoms with Crippen LogP contribution < -0.4 is 0 Å². The van der Waals surface area contributed by atoms with Crippen molar-refractivity contribution in [2.24, 2.45) is 0 Å². The van der Waals surface area contributed by atoms with E-state index in [2.05, 4.69) is 31.2 Å². The van der Waals surface area contributed by atoms with E-state index in [1.807, 2.05) is 0 Å². The molecule has 0 heterocycles. The molecule has 1 unspecified atom stereocenters. The highest BCUT2D eigenvalue weighted by atomic mass is 16.5. The molecule has 1 atom stereocenters. The second-order valence-electron chi connectivity index (χ2n) is 5.07. The largest absolute Gasteiger partial charge is 0.465 e. The Morgan fingerprint density at radius 2 is 2.22 bits per heavy atom. The molecule has 2 rings (SSSR count). The van der Waals surface area contributed by atoms with Crippen LogP contribution >= 0.6 is 0 Å². The van der Waals surface area contributed by atoms with Gasteiger partial charge in [0.2, 0.25) is 0 Å². The number of carbonyl (C=O) groups is 1. The summed E-state index contributed by atoms with van der Waals surface area (Å²) in [7, 11) is 0. The summed E-state index contributed by atoms with van der Waals surface area (Å²) in [5.41, 5.74) is 2.81. The molecule has 2 nitrogen and oxygen atoms in total. The number of hydrogen-bond donors (Lipinski definition) is 0. The lowest BCUT2D eigenvalue weighted by molar-refractivity contribution is -0.144. The van der Waals surface area contributed by atoms with Crippen molar-refractivity contribution >= 4 is 5.97 Å². The van der Waals surface area contributed by atoms with Gasteiger partial charge in [0, 0.05) is 12.3 Å². The lowest BCUT2D eigenvalue weighted by Crippen LogP contribution is -2.17. The smallest absolute Gasteiger partial charge is 0.305 e. The zero-order valence-corrected chi connectivity index (χ0v) is 11.2. The summed E-state index contributed by atoms with van der Waals surface area (Å²) in [5, 5.41) is 0. The lowest BCUT2D eigenvalue weighted by atomic mass is 9.83. The van der Waals surface area contributed by atoms with Gasteiger partial charge in [-0.1, -0.05) is 37.6 Å². The third-order valence-electron chi connectivity index (χ3n) is 3.67. The first-order chi connectivity index (χ1) is 8.81. The van der Waals surface area contributed by atoms with E-state index in [9.17, 15) is 4.79 Å². The van der Waals surface area contributed by atoms with Crippen molar-refractivity contribution in [3.8, 4) is 0 Å². The molecular weight excluding hydrogens is 224 g/mol. The Bertz CT molecular complexity index is 398. The number of ether oxygens (including phenoxy) is 1. The molecule has 98 valence electrons. The summed E-state index contributed by atoms with van der Waals surface area (Å²) in [4.78, 5) is 11.5. The first kappa shape index (κ1) is 13.1. The Labute approximate surface area is 109 Å². The molecular formula is C16H22O2. The third-order valence-corrected chi connectivity index (χ3v) is 3.67. The zero-order valence-electron chi connectivity index (χ0n) is 11.2. The van der Waals surface area contributed by atoms with E-state index in [1.165, 1.54) is 17.5 Å². The van der Waals surface area contributed by atoms with Crippen LogP contribution in [-0.2, 0) is 16.0 Å². The summed E-state index contributed by atoms with van der Waals surface area (Å²) in [6, 6.07) is 8.55. The quantitative estimate of drug-likeness (QED) is 0.738. The first-order valence-corrected chi connectivity index (χ1v) is 7.04. The molecule has 0 aliphatic heterocycles. The maximum atomic E-state index is 11.5. The predicted octanol–water partition coefficient (Wildman–Crippen LogP) is 3.84. The molecule has 2 heteroatoms. The second kappa shape index (κ2) is 6.58. The summed E-state index contributed by atoms with van der Waals surface area (Å²) in [6.45, 7) is 2.64. The van der Waals surface area contributed by atoms with Gasteiger partial charge in [-0.2, -0.15) is 0 Å². The average Bonchev–Trinajstić information content (AvgIpc) is 2.42. The SMILES string of the molecule is CCCCC(=O)OCC1CCCc2ccccc21. The van der Waals surface area contributed by atoms with Crippen molar-refractivity contribution in [3.63, 3.8) is 0 Å². The predicted molar refractivity (Wildman–Crippen MR) is 72.6 cm³/mol. The van der Waals surface area contributed by atoms with E-state index in [0.29, 0.717) is 18.9 Å². The Morgan fingerprint density at radius 3 is 3.06 bits per heavy atom. The van der Waals surface area contributed by atoms with Crippen LogP contribution in [0.2, 0.25) is 0 Å². The minimum Gasteiger partial charge on any atom is -0.465 e. The fraction of sp³-hybridized carbons (Fsp3) is 0.562. The van der Waals surface area contributed by atoms with Crippen LogP contribution in [-0.4, -0.2) is 12.6 Å². The lowest BCUT2D eigenvalue weighted by Gasteiger charge is -2.25. The van der Waals surface area contributed by atoms with Crippen LogP contribution in [0.25, 0.3) is 0 Å². The molecule has 0 N–H and O–H groups in total. The van der Waals surface area contributed by atoms with Gasteiger partial charge in [-0.05, 0) is 36.8 Å². The number of aryl methyl sites for hydroxylation is 1. The van der Waals surface area contributed by atoms with Crippen molar-refractivity contribution in [1.82, 2.24) is 0 Å². The topological polar surface area (TPSA) is 26.3 Å². The maximum Gasteiger partial charge on any atom is 0.305 e. The molecule has 0 radical (unpaired) electrons. The first-order valence-electron chi connectivity index (χ1n) is 7.04. The summed E-state index contributed by atoms with van der Waals surface area (Å²) >= 11 is 0. The van der Waals surface area contributed by atoms with Crippen LogP contribution in [0.1, 0.15) is 56.1 Å². The van der Waals surface area contributed by atoms with Crippen LogP contribution in [0.3, 0.4) is 0 Å². The van der Waals surface area contributed by atoms with Crippen LogP contribution in [0.4, 0.5) is 0 Å². The molecule has 1 aromatic rings. The Hall–Kier alpha value is -1.31. The molecule has 0 saturated heterocycles. The number of unbranched alkanes of at least 4 members (excludes halogenated alkanes) is 1. The summed E-state index contributed by atoms with van der Waals surface area (Å²) < 4.78 is 5.40. The van der Waals surface area contributed by atoms with Gasteiger partial charge in [0.05, 0.1) is 6.61 Å². The molecule has 1 aliphatic rings. The van der Waals surface area contributed by atoms with Crippen molar-refractivity contribution in [2.75, 3.05) is 6.61 Å². The van der Waals surface area contributed by atoms with Crippen molar-refractivity contribution < 1.29 is 9.53 Å². The van der Waals surface area contributed by atoms with Crippen LogP contribution in [0.15, 0.2) is 24.3 Å². The standard InChI is InChI=1S/C16H22O2/c1-2-3-11-16(17)18-12-14-9-6-8-13-7-4-5-10-15(13)14/h4-5,7,10,14H,2-3,6,8-9,11-12H2,1H3. The molecule has 0 amide bonds. The van der Waals surface area contributed by atoms with Gasteiger partial charge in [-0.25, -0.2) is 0 Å². The number of esters is 1. The van der Waals surface area contributed by atoms with Gasteiger partial charge in [-0.15, -0.1) is 0 Å². The van der Waals surface area contributed by atoms with E-state index < -0.39 is 0 Å². The molecule has 1 aromatic carbocycles. The Balaban J connectivity index is 1.89. The average molecular weight is 246 g/mol. The van der Waals surface area contributed by atoms with Gasteiger partial charge in [0.1, 0.15) is 0 Å². The number of carbonyl (C=O) groups excluding carboxylic acids is 1. The number of fused-ring (bicyclic) bond motifs is 1. The number of benzene rings is 1. The third kappa shape index (κ3) is 3.34. The minimum atomic E-state index is -0.0418. The second-order valence-corrected chi connectivity index (χ2v) is 5.07. The van der Waals surface area contributed by atoms with Gasteiger partial charge >= 0.3 is 5.97 Å². The van der Waals surface area contributed by atoms with E-state index in [4.69, 9.17) is 4.74 Å². The summed E-state index contributed by atoms with van der Waals surface area (Å²) in [5.74, 6) is 0.362. The highest BCUT2D eigenvalue weighted by molar-refractivity contribution is 5.69. The Kier molecular flexibility index (Phi) is 4.80. The van der Waals surface area contributed by atoms with Crippen molar-refractivity contribution in [3.05, 3.63) is 35.4 Å². The molecule has 1 aliphatic carbocycles. The summed E-state index contributed by atoms with van der Waals surface area (Å²) in [6.07, 6.45) is 6.04. The fourth-order valence-electron chi connectivity index (χ4n) is 2.61. The zero-order chi connectivity index (χ0) is 12.8. The Morgan fingerprint density at radius 1 is 1.39 bits per heavy atom. The van der Waals surface area contributed by atoms with Crippen molar-refractivity contribution in [2.45, 2.75) is 51.4 Å². The molecule has 0 bridgehead atoms. The van der Waals surface area contributed by atoms with Gasteiger partial charge in [-0.3, -0.25) is 4.79 Å². The molecule has 0 spiro atoms. The van der Waals surface area contributed by atoms with Crippen LogP contribution in [0.5, 0.6) is 0 Å². The molecule has 0 aromatic heterocycles. The highest BCUT2D eigenvalue weighted by Gasteiger charge is 2.20. The van der Waals surface area contributed by atoms with E-state index in [0.717, 1.165) is 25.7 Å². The van der Waals surface area contributed by atoms with E-state index in [-0.39, 0.29) is 5.97 Å². The van der Waals surface area contributed by atoms with E-state index in [1.54, 1.807) is 0 Å². The maximum absolute atomic E-state index is 11.5. The number of rotatable bonds is 5. The van der Waals surface area contributed by atoms with E-state index >= 15 is 0 Å². The van der Waals surface area contributed by atoms with Crippen LogP contribution in [0, 0.1) is 0 Å². The van der Waals surface area contributed by atoms with Gasteiger partial charge in [0.25, 0.3) is 0 Å². The number of hydrogen-bond acceptors (Lipinski definition) is 2. The monoisotopic (exact) mass is 246 g/mol. The normalized spacial score (nSPS) is 18.2. The highest BCUT2D eigenvalue weighted by Crippen LogP contribution is 2.31.